The molecule has 2 heteroatoms. The molecule has 0 radical (unpaired) electrons. The van der Waals surface area contributed by atoms with Gasteiger partial charge in [-0.3, -0.25) is 4.90 Å². The van der Waals surface area contributed by atoms with E-state index in [4.69, 9.17) is 5.73 Å². The van der Waals surface area contributed by atoms with Crippen LogP contribution in [-0.4, -0.2) is 23.5 Å². The summed E-state index contributed by atoms with van der Waals surface area (Å²) in [6.07, 6.45) is 0. The lowest BCUT2D eigenvalue weighted by atomic mass is 9.88. The summed E-state index contributed by atoms with van der Waals surface area (Å²) in [5.74, 6) is 0.990. The van der Waals surface area contributed by atoms with E-state index in [1.165, 1.54) is 11.1 Å². The highest BCUT2D eigenvalue weighted by molar-refractivity contribution is 5.25. The van der Waals surface area contributed by atoms with E-state index in [0.717, 1.165) is 13.1 Å². The van der Waals surface area contributed by atoms with Crippen LogP contribution in [0.2, 0.25) is 0 Å². The minimum Gasteiger partial charge on any atom is -0.326 e. The molecule has 2 N–H and O–H groups in total. The van der Waals surface area contributed by atoms with Crippen LogP contribution in [0.1, 0.15) is 30.9 Å². The summed E-state index contributed by atoms with van der Waals surface area (Å²) in [5.41, 5.74) is 9.40. The van der Waals surface area contributed by atoms with Crippen LogP contribution >= 0.6 is 0 Å². The maximum Gasteiger partial charge on any atom is 0.0281 e. The minimum atomic E-state index is 0.200. The van der Waals surface area contributed by atoms with Crippen molar-refractivity contribution >= 4 is 0 Å². The smallest absolute Gasteiger partial charge is 0.0281 e. The fraction of sp³-hybridized carbons (Fsp3) is 0.400. The molecule has 0 unspecified atom stereocenters. The Morgan fingerprint density at radius 2 is 1.59 bits per heavy atom. The molecule has 0 bridgehead atoms. The molecule has 0 aliphatic carbocycles. The molecule has 1 aliphatic rings. The topological polar surface area (TPSA) is 29.3 Å². The van der Waals surface area contributed by atoms with Gasteiger partial charge in [0.1, 0.15) is 0 Å². The third-order valence-electron chi connectivity index (χ3n) is 4.85. The number of rotatable bonds is 4. The van der Waals surface area contributed by atoms with Gasteiger partial charge < -0.3 is 5.73 Å². The van der Waals surface area contributed by atoms with Crippen LogP contribution < -0.4 is 5.73 Å². The van der Waals surface area contributed by atoms with Crippen molar-refractivity contribution in [2.24, 2.45) is 11.7 Å². The van der Waals surface area contributed by atoms with Gasteiger partial charge >= 0.3 is 0 Å². The van der Waals surface area contributed by atoms with Gasteiger partial charge in [-0.2, -0.15) is 0 Å². The molecule has 2 aromatic carbocycles. The maximum absolute atomic E-state index is 6.66. The van der Waals surface area contributed by atoms with Gasteiger partial charge in [-0.25, -0.2) is 0 Å². The molecular weight excluding hydrogens is 268 g/mol. The zero-order chi connectivity index (χ0) is 15.5. The molecule has 1 saturated heterocycles. The molecule has 0 spiro atoms. The number of likely N-dealkylation sites (tertiary alicyclic amines) is 1. The average Bonchev–Trinajstić information content (AvgIpc) is 2.85. The van der Waals surface area contributed by atoms with Crippen molar-refractivity contribution in [1.82, 2.24) is 4.90 Å². The van der Waals surface area contributed by atoms with E-state index in [9.17, 15) is 0 Å². The van der Waals surface area contributed by atoms with Gasteiger partial charge in [0.05, 0.1) is 0 Å². The van der Waals surface area contributed by atoms with Crippen molar-refractivity contribution in [1.29, 1.82) is 0 Å². The van der Waals surface area contributed by atoms with E-state index in [1.54, 1.807) is 0 Å². The van der Waals surface area contributed by atoms with Crippen LogP contribution in [-0.2, 0) is 6.54 Å². The molecule has 0 saturated carbocycles. The molecule has 1 aliphatic heterocycles. The number of hydrogen-bond acceptors (Lipinski definition) is 2. The van der Waals surface area contributed by atoms with Gasteiger partial charge in [0.25, 0.3) is 0 Å². The van der Waals surface area contributed by atoms with E-state index in [2.05, 4.69) is 79.4 Å². The highest BCUT2D eigenvalue weighted by Crippen LogP contribution is 2.35. The summed E-state index contributed by atoms with van der Waals surface area (Å²) in [6, 6.07) is 22.1. The van der Waals surface area contributed by atoms with Gasteiger partial charge in [-0.1, -0.05) is 74.5 Å². The predicted molar refractivity (Wildman–Crippen MR) is 92.6 cm³/mol. The van der Waals surface area contributed by atoms with Gasteiger partial charge in [0.2, 0.25) is 0 Å². The standard InChI is InChI=1S/C20H26N2/c1-15(2)20-19(21)18(17-11-7-4-8-12-17)14-22(20)13-16-9-5-3-6-10-16/h3-12,15,18-20H,13-14,21H2,1-2H3/t18-,19-,20+/m0/s1. The Hall–Kier alpha value is -1.64. The second kappa shape index (κ2) is 6.64. The first-order valence-electron chi connectivity index (χ1n) is 8.25. The summed E-state index contributed by atoms with van der Waals surface area (Å²) in [5, 5.41) is 0. The van der Waals surface area contributed by atoms with E-state index in [-0.39, 0.29) is 6.04 Å². The molecule has 1 fully saturated rings. The molecule has 116 valence electrons. The third-order valence-corrected chi connectivity index (χ3v) is 4.85. The highest BCUT2D eigenvalue weighted by Gasteiger charge is 2.41. The van der Waals surface area contributed by atoms with Crippen LogP contribution in [0, 0.1) is 5.92 Å². The molecule has 22 heavy (non-hydrogen) atoms. The molecule has 0 aromatic heterocycles. The first-order chi connectivity index (χ1) is 10.7. The van der Waals surface area contributed by atoms with Crippen molar-refractivity contribution < 1.29 is 0 Å². The molecular formula is C20H26N2. The molecule has 0 amide bonds. The highest BCUT2D eigenvalue weighted by atomic mass is 15.2. The molecule has 2 aromatic rings. The second-order valence-electron chi connectivity index (χ2n) is 6.74. The van der Waals surface area contributed by atoms with Gasteiger partial charge in [-0.15, -0.1) is 0 Å². The minimum absolute atomic E-state index is 0.200. The average molecular weight is 294 g/mol. The number of hydrogen-bond donors (Lipinski definition) is 1. The summed E-state index contributed by atoms with van der Waals surface area (Å²) in [4.78, 5) is 2.57. The van der Waals surface area contributed by atoms with E-state index in [1.807, 2.05) is 0 Å². The number of nitrogens with zero attached hydrogens (tertiary/aromatic N) is 1. The molecule has 1 heterocycles. The summed E-state index contributed by atoms with van der Waals surface area (Å²) in [7, 11) is 0. The van der Waals surface area contributed by atoms with Crippen molar-refractivity contribution in [2.45, 2.75) is 38.4 Å². The van der Waals surface area contributed by atoms with Gasteiger partial charge in [0, 0.05) is 31.1 Å². The molecule has 3 atom stereocenters. The zero-order valence-electron chi connectivity index (χ0n) is 13.5. The maximum atomic E-state index is 6.66. The predicted octanol–water partition coefficient (Wildman–Crippen LogP) is 3.64. The van der Waals surface area contributed by atoms with Crippen LogP contribution in [0.4, 0.5) is 0 Å². The Labute approximate surface area is 134 Å². The number of benzene rings is 2. The van der Waals surface area contributed by atoms with Crippen molar-refractivity contribution in [3.63, 3.8) is 0 Å². The molecule has 2 nitrogen and oxygen atoms in total. The monoisotopic (exact) mass is 294 g/mol. The fourth-order valence-corrected chi connectivity index (χ4v) is 3.86. The third kappa shape index (κ3) is 3.08. The van der Waals surface area contributed by atoms with Gasteiger partial charge in [-0.05, 0) is 17.0 Å². The lowest BCUT2D eigenvalue weighted by Gasteiger charge is -2.30. The largest absolute Gasteiger partial charge is 0.326 e. The zero-order valence-corrected chi connectivity index (χ0v) is 13.5. The van der Waals surface area contributed by atoms with Crippen molar-refractivity contribution in [3.8, 4) is 0 Å². The van der Waals surface area contributed by atoms with Crippen LogP contribution in [0.5, 0.6) is 0 Å². The summed E-state index contributed by atoms with van der Waals surface area (Å²) < 4.78 is 0. The fourth-order valence-electron chi connectivity index (χ4n) is 3.86. The van der Waals surface area contributed by atoms with E-state index < -0.39 is 0 Å². The first kappa shape index (κ1) is 15.3. The second-order valence-corrected chi connectivity index (χ2v) is 6.74. The lowest BCUT2D eigenvalue weighted by molar-refractivity contribution is 0.188. The normalized spacial score (nSPS) is 25.7. The SMILES string of the molecule is CC(C)[C@@H]1[C@@H](N)[C@H](c2ccccc2)CN1Cc1ccccc1. The van der Waals surface area contributed by atoms with Crippen LogP contribution in [0.15, 0.2) is 60.7 Å². The Kier molecular flexibility index (Phi) is 4.60. The van der Waals surface area contributed by atoms with Crippen molar-refractivity contribution in [3.05, 3.63) is 71.8 Å². The Balaban J connectivity index is 1.83. The molecule has 3 rings (SSSR count). The Morgan fingerprint density at radius 3 is 2.18 bits per heavy atom. The summed E-state index contributed by atoms with van der Waals surface area (Å²) >= 11 is 0. The summed E-state index contributed by atoms with van der Waals surface area (Å²) in [6.45, 7) is 6.61. The quantitative estimate of drug-likeness (QED) is 0.933. The Morgan fingerprint density at radius 1 is 1.00 bits per heavy atom. The lowest BCUT2D eigenvalue weighted by Crippen LogP contribution is -2.43. The Bertz CT molecular complexity index is 579. The van der Waals surface area contributed by atoms with E-state index in [0.29, 0.717) is 17.9 Å². The first-order valence-corrected chi connectivity index (χ1v) is 8.25. The van der Waals surface area contributed by atoms with Crippen LogP contribution in [0.25, 0.3) is 0 Å². The number of nitrogens with two attached hydrogens (primary N) is 1. The van der Waals surface area contributed by atoms with E-state index >= 15 is 0 Å². The van der Waals surface area contributed by atoms with Gasteiger partial charge in [0.15, 0.2) is 0 Å². The van der Waals surface area contributed by atoms with Crippen molar-refractivity contribution in [2.75, 3.05) is 6.54 Å². The van der Waals surface area contributed by atoms with Crippen LogP contribution in [0.3, 0.4) is 0 Å².